The number of rotatable bonds is 5. The summed E-state index contributed by atoms with van der Waals surface area (Å²) in [6.45, 7) is 0.0978. The molecule has 94 valence electrons. The van der Waals surface area contributed by atoms with E-state index in [1.165, 1.54) is 6.07 Å². The van der Waals surface area contributed by atoms with E-state index >= 15 is 0 Å². The van der Waals surface area contributed by atoms with Crippen molar-refractivity contribution in [3.05, 3.63) is 29.8 Å². The van der Waals surface area contributed by atoms with Crippen LogP contribution in [-0.4, -0.2) is 23.9 Å². The van der Waals surface area contributed by atoms with Crippen molar-refractivity contribution >= 4 is 0 Å². The fourth-order valence-corrected chi connectivity index (χ4v) is 1.74. The maximum atomic E-state index is 12.9. The van der Waals surface area contributed by atoms with E-state index in [4.69, 9.17) is 10.5 Å². The molecule has 2 rings (SSSR count). The van der Waals surface area contributed by atoms with Gasteiger partial charge < -0.3 is 15.6 Å². The summed E-state index contributed by atoms with van der Waals surface area (Å²) in [7, 11) is 0. The Kier molecular flexibility index (Phi) is 3.31. The third-order valence-electron chi connectivity index (χ3n) is 3.07. The zero-order valence-corrected chi connectivity index (χ0v) is 9.33. The van der Waals surface area contributed by atoms with Gasteiger partial charge in [0.25, 0.3) is 0 Å². The molecular formula is C12H15F2NO2. The molecule has 0 bridgehead atoms. The second-order valence-electron chi connectivity index (χ2n) is 4.45. The van der Waals surface area contributed by atoms with E-state index < -0.39 is 17.2 Å². The molecule has 1 atom stereocenters. The predicted octanol–water partition coefficient (Wildman–Crippen LogP) is 1.44. The van der Waals surface area contributed by atoms with Crippen molar-refractivity contribution in [3.8, 4) is 5.75 Å². The van der Waals surface area contributed by atoms with Gasteiger partial charge in [-0.25, -0.2) is 8.78 Å². The lowest BCUT2D eigenvalue weighted by Gasteiger charge is -2.26. The van der Waals surface area contributed by atoms with Crippen LogP contribution >= 0.6 is 0 Å². The van der Waals surface area contributed by atoms with Crippen LogP contribution in [0.15, 0.2) is 18.2 Å². The normalized spacial score (nSPS) is 18.8. The smallest absolute Gasteiger partial charge is 0.162 e. The van der Waals surface area contributed by atoms with Crippen molar-refractivity contribution in [1.82, 2.24) is 0 Å². The third-order valence-corrected chi connectivity index (χ3v) is 3.07. The Bertz CT molecular complexity index is 409. The molecule has 1 aromatic rings. The molecule has 1 fully saturated rings. The van der Waals surface area contributed by atoms with Gasteiger partial charge in [-0.1, -0.05) is 0 Å². The van der Waals surface area contributed by atoms with Crippen LogP contribution < -0.4 is 10.5 Å². The molecular weight excluding hydrogens is 228 g/mol. The monoisotopic (exact) mass is 243 g/mol. The van der Waals surface area contributed by atoms with Crippen LogP contribution in [-0.2, 0) is 0 Å². The summed E-state index contributed by atoms with van der Waals surface area (Å²) < 4.78 is 30.8. The SMILES string of the molecule is NCC(O)(COc1ccc(F)c(F)c1)C1CC1. The third kappa shape index (κ3) is 2.73. The molecule has 5 heteroatoms. The highest BCUT2D eigenvalue weighted by Crippen LogP contribution is 2.39. The molecule has 1 aliphatic rings. The Labute approximate surface area is 98.2 Å². The van der Waals surface area contributed by atoms with Gasteiger partial charge >= 0.3 is 0 Å². The van der Waals surface area contributed by atoms with E-state index in [1.54, 1.807) is 0 Å². The van der Waals surface area contributed by atoms with Crippen molar-refractivity contribution in [2.75, 3.05) is 13.2 Å². The number of benzene rings is 1. The minimum Gasteiger partial charge on any atom is -0.490 e. The summed E-state index contributed by atoms with van der Waals surface area (Å²) in [5, 5.41) is 10.1. The van der Waals surface area contributed by atoms with Gasteiger partial charge in [0, 0.05) is 12.6 Å². The van der Waals surface area contributed by atoms with Crippen molar-refractivity contribution in [2.45, 2.75) is 18.4 Å². The van der Waals surface area contributed by atoms with Gasteiger partial charge in [-0.2, -0.15) is 0 Å². The summed E-state index contributed by atoms with van der Waals surface area (Å²) in [5.41, 5.74) is 4.44. The predicted molar refractivity (Wildman–Crippen MR) is 58.6 cm³/mol. The lowest BCUT2D eigenvalue weighted by molar-refractivity contribution is -0.0163. The van der Waals surface area contributed by atoms with Gasteiger partial charge in [-0.05, 0) is 30.9 Å². The first kappa shape index (κ1) is 12.3. The van der Waals surface area contributed by atoms with E-state index in [1.807, 2.05) is 0 Å². The fraction of sp³-hybridized carbons (Fsp3) is 0.500. The minimum absolute atomic E-state index is 0.000755. The van der Waals surface area contributed by atoms with E-state index in [0.717, 1.165) is 25.0 Å². The standard InChI is InChI=1S/C12H15F2NO2/c13-10-4-3-9(5-11(10)14)17-7-12(16,6-15)8-1-2-8/h3-5,8,16H,1-2,6-7,15H2. The topological polar surface area (TPSA) is 55.5 Å². The number of halogens is 2. The second kappa shape index (κ2) is 4.58. The first-order chi connectivity index (χ1) is 8.05. The summed E-state index contributed by atoms with van der Waals surface area (Å²) in [6.07, 6.45) is 1.85. The van der Waals surface area contributed by atoms with Crippen LogP contribution in [0.4, 0.5) is 8.78 Å². The van der Waals surface area contributed by atoms with Gasteiger partial charge in [0.15, 0.2) is 11.6 Å². The molecule has 1 aromatic carbocycles. The van der Waals surface area contributed by atoms with Crippen molar-refractivity contribution < 1.29 is 18.6 Å². The van der Waals surface area contributed by atoms with E-state index in [0.29, 0.717) is 0 Å². The van der Waals surface area contributed by atoms with Crippen molar-refractivity contribution in [1.29, 1.82) is 0 Å². The summed E-state index contributed by atoms with van der Waals surface area (Å²) in [4.78, 5) is 0. The van der Waals surface area contributed by atoms with Crippen LogP contribution in [0.1, 0.15) is 12.8 Å². The maximum Gasteiger partial charge on any atom is 0.162 e. The van der Waals surface area contributed by atoms with Gasteiger partial charge in [-0.3, -0.25) is 0 Å². The van der Waals surface area contributed by atoms with Crippen LogP contribution in [0.3, 0.4) is 0 Å². The first-order valence-electron chi connectivity index (χ1n) is 5.55. The molecule has 0 amide bonds. The quantitative estimate of drug-likeness (QED) is 0.822. The molecule has 0 aromatic heterocycles. The summed E-state index contributed by atoms with van der Waals surface area (Å²) in [6, 6.07) is 3.27. The molecule has 0 heterocycles. The number of ether oxygens (including phenoxy) is 1. The Hall–Kier alpha value is -1.20. The highest BCUT2D eigenvalue weighted by molar-refractivity contribution is 5.23. The molecule has 1 aliphatic carbocycles. The fourth-order valence-electron chi connectivity index (χ4n) is 1.74. The summed E-state index contributed by atoms with van der Waals surface area (Å²) >= 11 is 0. The zero-order valence-electron chi connectivity index (χ0n) is 9.33. The highest BCUT2D eigenvalue weighted by Gasteiger charge is 2.43. The molecule has 17 heavy (non-hydrogen) atoms. The number of hydrogen-bond acceptors (Lipinski definition) is 3. The van der Waals surface area contributed by atoms with Crippen LogP contribution in [0, 0.1) is 17.6 Å². The van der Waals surface area contributed by atoms with Gasteiger partial charge in [0.1, 0.15) is 18.0 Å². The molecule has 0 spiro atoms. The lowest BCUT2D eigenvalue weighted by atomic mass is 9.99. The molecule has 1 saturated carbocycles. The lowest BCUT2D eigenvalue weighted by Crippen LogP contribution is -2.45. The van der Waals surface area contributed by atoms with Crippen LogP contribution in [0.5, 0.6) is 5.75 Å². The number of nitrogens with two attached hydrogens (primary N) is 1. The first-order valence-corrected chi connectivity index (χ1v) is 5.55. The zero-order chi connectivity index (χ0) is 12.5. The average molecular weight is 243 g/mol. The number of aliphatic hydroxyl groups is 1. The molecule has 3 N–H and O–H groups in total. The largest absolute Gasteiger partial charge is 0.490 e. The molecule has 0 aliphatic heterocycles. The summed E-state index contributed by atoms with van der Waals surface area (Å²) in [5.74, 6) is -1.55. The van der Waals surface area contributed by atoms with Gasteiger partial charge in [-0.15, -0.1) is 0 Å². The molecule has 3 nitrogen and oxygen atoms in total. The second-order valence-corrected chi connectivity index (χ2v) is 4.45. The maximum absolute atomic E-state index is 12.9. The van der Waals surface area contributed by atoms with Crippen LogP contribution in [0.2, 0.25) is 0 Å². The van der Waals surface area contributed by atoms with E-state index in [9.17, 15) is 13.9 Å². The molecule has 0 saturated heterocycles. The van der Waals surface area contributed by atoms with Crippen molar-refractivity contribution in [2.24, 2.45) is 11.7 Å². The van der Waals surface area contributed by atoms with Gasteiger partial charge in [0.05, 0.1) is 0 Å². The average Bonchev–Trinajstić information content (AvgIpc) is 3.14. The van der Waals surface area contributed by atoms with E-state index in [2.05, 4.69) is 0 Å². The molecule has 0 radical (unpaired) electrons. The van der Waals surface area contributed by atoms with Gasteiger partial charge in [0.2, 0.25) is 0 Å². The Balaban J connectivity index is 1.98. The Morgan fingerprint density at radius 2 is 2.06 bits per heavy atom. The Morgan fingerprint density at radius 3 is 2.59 bits per heavy atom. The van der Waals surface area contributed by atoms with E-state index in [-0.39, 0.29) is 24.8 Å². The minimum atomic E-state index is -1.06. The highest BCUT2D eigenvalue weighted by atomic mass is 19.2. The molecule has 1 unspecified atom stereocenters. The number of hydrogen-bond donors (Lipinski definition) is 2. The Morgan fingerprint density at radius 1 is 1.35 bits per heavy atom. The van der Waals surface area contributed by atoms with Crippen molar-refractivity contribution in [3.63, 3.8) is 0 Å². The van der Waals surface area contributed by atoms with Crippen LogP contribution in [0.25, 0.3) is 0 Å².